The van der Waals surface area contributed by atoms with Crippen molar-refractivity contribution in [3.05, 3.63) is 0 Å². The molecular weight excluding hydrogens is 336 g/mol. The summed E-state index contributed by atoms with van der Waals surface area (Å²) in [6.07, 6.45) is 1.21. The van der Waals surface area contributed by atoms with E-state index in [1.54, 1.807) is 41.5 Å². The summed E-state index contributed by atoms with van der Waals surface area (Å²) in [4.78, 5) is 58.7. The predicted molar refractivity (Wildman–Crippen MR) is 97.8 cm³/mol. The van der Waals surface area contributed by atoms with Crippen LogP contribution in [0.2, 0.25) is 0 Å². The Labute approximate surface area is 156 Å². The van der Waals surface area contributed by atoms with Gasteiger partial charge in [0.1, 0.15) is 23.4 Å². The third kappa shape index (κ3) is 6.54. The maximum atomic E-state index is 12.4. The molecule has 0 fully saturated rings. The van der Waals surface area contributed by atoms with Gasteiger partial charge in [-0.05, 0) is 24.7 Å². The van der Waals surface area contributed by atoms with Crippen LogP contribution in [0.3, 0.4) is 0 Å². The third-order valence-electron chi connectivity index (χ3n) is 4.86. The highest BCUT2D eigenvalue weighted by Crippen LogP contribution is 2.23. The van der Waals surface area contributed by atoms with Gasteiger partial charge in [-0.15, -0.1) is 0 Å². The van der Waals surface area contributed by atoms with Crippen molar-refractivity contribution in [2.75, 3.05) is 0 Å². The van der Waals surface area contributed by atoms with Crippen LogP contribution in [-0.2, 0) is 29.0 Å². The topological polar surface area (TPSA) is 86.7 Å². The van der Waals surface area contributed by atoms with E-state index in [0.717, 1.165) is 0 Å². The van der Waals surface area contributed by atoms with E-state index >= 15 is 0 Å². The zero-order chi connectivity index (χ0) is 20.6. The smallest absolute Gasteiger partial charge is 0.298 e. The lowest BCUT2D eigenvalue weighted by Gasteiger charge is -2.22. The van der Waals surface area contributed by atoms with Crippen LogP contribution in [-0.4, -0.2) is 23.5 Å². The molecule has 0 aromatic carbocycles. The summed E-state index contributed by atoms with van der Waals surface area (Å²) in [7, 11) is 0. The molecule has 4 atom stereocenters. The van der Waals surface area contributed by atoms with Crippen molar-refractivity contribution in [2.24, 2.45) is 35.5 Å². The summed E-state index contributed by atoms with van der Waals surface area (Å²) in [6.45, 7) is 14.1. The largest absolute Gasteiger partial charge is 0.366 e. The Morgan fingerprint density at radius 3 is 1.08 bits per heavy atom. The lowest BCUT2D eigenvalue weighted by Crippen LogP contribution is -2.37. The molecule has 0 aromatic heterocycles. The van der Waals surface area contributed by atoms with Gasteiger partial charge in [0, 0.05) is 11.8 Å². The zero-order valence-electron chi connectivity index (χ0n) is 17.3. The highest BCUT2D eigenvalue weighted by atomic mass is 17.2. The molecule has 4 unspecified atom stereocenters. The van der Waals surface area contributed by atoms with Crippen LogP contribution in [0.1, 0.15) is 68.2 Å². The normalized spacial score (nSPS) is 15.9. The van der Waals surface area contributed by atoms with Crippen LogP contribution in [0.5, 0.6) is 0 Å². The maximum Gasteiger partial charge on any atom is 0.366 e. The molecule has 150 valence electrons. The number of rotatable bonds is 10. The number of hydrogen-bond acceptors (Lipinski definition) is 6. The van der Waals surface area contributed by atoms with Crippen LogP contribution in [0.4, 0.5) is 0 Å². The van der Waals surface area contributed by atoms with E-state index in [-0.39, 0.29) is 35.2 Å². The molecule has 6 nitrogen and oxygen atoms in total. The summed E-state index contributed by atoms with van der Waals surface area (Å²) in [6, 6.07) is 0. The van der Waals surface area contributed by atoms with Crippen molar-refractivity contribution in [2.45, 2.75) is 68.2 Å². The molecule has 26 heavy (non-hydrogen) atoms. The van der Waals surface area contributed by atoms with Crippen LogP contribution in [0, 0.1) is 35.5 Å². The molecule has 6 heteroatoms. The fraction of sp³-hybridized carbons (Fsp3) is 0.800. The average Bonchev–Trinajstić information content (AvgIpc) is 2.57. The van der Waals surface area contributed by atoms with E-state index in [1.807, 2.05) is 13.8 Å². The minimum atomic E-state index is -1.000. The summed E-state index contributed by atoms with van der Waals surface area (Å²) < 4.78 is 0. The number of Topliss-reactive ketones (excluding diaryl/α,β-unsaturated/α-hetero) is 2. The van der Waals surface area contributed by atoms with Crippen molar-refractivity contribution < 1.29 is 29.0 Å². The van der Waals surface area contributed by atoms with Gasteiger partial charge in [-0.1, -0.05) is 55.4 Å². The van der Waals surface area contributed by atoms with Crippen molar-refractivity contribution in [3.8, 4) is 0 Å². The van der Waals surface area contributed by atoms with Crippen LogP contribution in [0.25, 0.3) is 0 Å². The first kappa shape index (κ1) is 24.3. The van der Waals surface area contributed by atoms with Gasteiger partial charge in [-0.3, -0.25) is 9.59 Å². The van der Waals surface area contributed by atoms with E-state index in [2.05, 4.69) is 9.78 Å². The summed E-state index contributed by atoms with van der Waals surface area (Å²) >= 11 is 0. The van der Waals surface area contributed by atoms with Gasteiger partial charge in [-0.2, -0.15) is 0 Å². The Morgan fingerprint density at radius 2 is 0.885 bits per heavy atom. The highest BCUT2D eigenvalue weighted by Gasteiger charge is 2.38. The molecule has 0 aliphatic heterocycles. The number of carbonyl (C=O) groups excluding carboxylic acids is 4. The molecule has 0 aliphatic rings. The molecule has 0 aromatic rings. The summed E-state index contributed by atoms with van der Waals surface area (Å²) in [5.74, 6) is -5.41. The van der Waals surface area contributed by atoms with Crippen molar-refractivity contribution >= 4 is 23.5 Å². The molecule has 0 spiro atoms. The molecular formula is C20H34O6. The number of carbonyl (C=O) groups is 4. The molecule has 0 saturated carbocycles. The van der Waals surface area contributed by atoms with Gasteiger partial charge in [0.15, 0.2) is 0 Å². The molecule has 0 amide bonds. The maximum absolute atomic E-state index is 12.4. The fourth-order valence-electron chi connectivity index (χ4n) is 2.63. The number of ketones is 2. The third-order valence-corrected chi connectivity index (χ3v) is 4.86. The van der Waals surface area contributed by atoms with Gasteiger partial charge in [0.2, 0.25) is 0 Å². The Hall–Kier alpha value is -1.72. The first-order chi connectivity index (χ1) is 12.0. The average molecular weight is 370 g/mol. The standard InChI is InChI=1S/C20H34O6/c1-9-13(7)17(21)15(11(3)4)19(23)25-26-20(24)16(12(5)6)18(22)14(8)10-2/h11-16H,9-10H2,1-8H3. The fourth-order valence-corrected chi connectivity index (χ4v) is 2.63. The summed E-state index contributed by atoms with van der Waals surface area (Å²) in [5.41, 5.74) is 0. The second kappa shape index (κ2) is 11.1. The minimum Gasteiger partial charge on any atom is -0.298 e. The quantitative estimate of drug-likeness (QED) is 0.330. The molecule has 0 aliphatic carbocycles. The lowest BCUT2D eigenvalue weighted by atomic mass is 9.84. The predicted octanol–water partition coefficient (Wildman–Crippen LogP) is 3.76. The minimum absolute atomic E-state index is 0.236. The summed E-state index contributed by atoms with van der Waals surface area (Å²) in [5, 5.41) is 0. The van der Waals surface area contributed by atoms with E-state index in [9.17, 15) is 19.2 Å². The molecule has 0 radical (unpaired) electrons. The lowest BCUT2D eigenvalue weighted by molar-refractivity contribution is -0.266. The second-order valence-corrected chi connectivity index (χ2v) is 7.67. The van der Waals surface area contributed by atoms with Gasteiger partial charge in [0.25, 0.3) is 0 Å². The van der Waals surface area contributed by atoms with Gasteiger partial charge in [-0.25, -0.2) is 19.4 Å². The number of hydrogen-bond donors (Lipinski definition) is 0. The monoisotopic (exact) mass is 370 g/mol. The van der Waals surface area contributed by atoms with E-state index < -0.39 is 23.8 Å². The Kier molecular flexibility index (Phi) is 10.4. The van der Waals surface area contributed by atoms with Crippen molar-refractivity contribution in [3.63, 3.8) is 0 Å². The molecule has 0 bridgehead atoms. The van der Waals surface area contributed by atoms with E-state index in [4.69, 9.17) is 0 Å². The zero-order valence-corrected chi connectivity index (χ0v) is 17.3. The van der Waals surface area contributed by atoms with E-state index in [0.29, 0.717) is 12.8 Å². The van der Waals surface area contributed by atoms with Gasteiger partial charge in [0.05, 0.1) is 0 Å². The van der Waals surface area contributed by atoms with Gasteiger partial charge >= 0.3 is 11.9 Å². The molecule has 0 heterocycles. The first-order valence-electron chi connectivity index (χ1n) is 9.48. The second-order valence-electron chi connectivity index (χ2n) is 7.67. The van der Waals surface area contributed by atoms with Crippen LogP contribution >= 0.6 is 0 Å². The Bertz CT molecular complexity index is 462. The van der Waals surface area contributed by atoms with Crippen LogP contribution < -0.4 is 0 Å². The Balaban J connectivity index is 5.11. The molecule has 0 N–H and O–H groups in total. The Morgan fingerprint density at radius 1 is 0.615 bits per heavy atom. The molecule has 0 saturated heterocycles. The van der Waals surface area contributed by atoms with Crippen molar-refractivity contribution in [1.29, 1.82) is 0 Å². The highest BCUT2D eigenvalue weighted by molar-refractivity contribution is 6.02. The van der Waals surface area contributed by atoms with Gasteiger partial charge < -0.3 is 0 Å². The van der Waals surface area contributed by atoms with Crippen molar-refractivity contribution in [1.82, 2.24) is 0 Å². The van der Waals surface area contributed by atoms with Crippen LogP contribution in [0.15, 0.2) is 0 Å². The first-order valence-corrected chi connectivity index (χ1v) is 9.48. The van der Waals surface area contributed by atoms with E-state index in [1.165, 1.54) is 0 Å². The molecule has 0 rings (SSSR count). The SMILES string of the molecule is CCC(C)C(=O)C(C(=O)OOC(=O)C(C(=O)C(C)CC)C(C)C)C(C)C.